The van der Waals surface area contributed by atoms with Crippen molar-refractivity contribution >= 4 is 35.8 Å². The van der Waals surface area contributed by atoms with Crippen LogP contribution in [0.3, 0.4) is 0 Å². The molecule has 2 rings (SSSR count). The topological polar surface area (TPSA) is 69.9 Å². The van der Waals surface area contributed by atoms with Crippen molar-refractivity contribution in [3.63, 3.8) is 0 Å². The second-order valence-corrected chi connectivity index (χ2v) is 6.59. The van der Waals surface area contributed by atoms with Crippen molar-refractivity contribution in [2.75, 3.05) is 26.7 Å². The lowest BCUT2D eigenvalue weighted by Crippen LogP contribution is -2.50. The average molecular weight is 476 g/mol. The third-order valence-corrected chi connectivity index (χ3v) is 4.95. The minimum atomic E-state index is 0. The Bertz CT molecular complexity index is 536. The first kappa shape index (κ1) is 22.8. The van der Waals surface area contributed by atoms with Crippen LogP contribution in [-0.4, -0.2) is 49.5 Å². The molecule has 1 fully saturated rings. The number of halogens is 1. The summed E-state index contributed by atoms with van der Waals surface area (Å²) in [6.45, 7) is 6.63. The molecule has 0 aromatic carbocycles. The number of hydrogen-bond acceptors (Lipinski definition) is 3. The zero-order valence-corrected chi connectivity index (χ0v) is 18.5. The third-order valence-electron chi connectivity index (χ3n) is 4.95. The molecule has 2 N–H and O–H groups in total. The van der Waals surface area contributed by atoms with E-state index >= 15 is 0 Å². The fourth-order valence-corrected chi connectivity index (χ4v) is 3.29. The summed E-state index contributed by atoms with van der Waals surface area (Å²) in [5.74, 6) is 2.29. The Labute approximate surface area is 174 Å². The van der Waals surface area contributed by atoms with Crippen molar-refractivity contribution in [1.29, 1.82) is 0 Å². The van der Waals surface area contributed by atoms with Crippen LogP contribution in [0.2, 0.25) is 0 Å². The number of furan rings is 1. The molecular weight excluding hydrogens is 443 g/mol. The van der Waals surface area contributed by atoms with Crippen LogP contribution in [0.5, 0.6) is 0 Å². The molecule has 1 aromatic rings. The maximum absolute atomic E-state index is 12.5. The highest BCUT2D eigenvalue weighted by Crippen LogP contribution is 2.17. The highest BCUT2D eigenvalue weighted by Gasteiger charge is 2.26. The number of hydrogen-bond donors (Lipinski definition) is 2. The largest absolute Gasteiger partial charge is 0.469 e. The van der Waals surface area contributed by atoms with E-state index in [0.29, 0.717) is 11.9 Å². The molecule has 1 amide bonds. The number of aliphatic imine (C=N–C) groups is 1. The van der Waals surface area contributed by atoms with Crippen molar-refractivity contribution < 1.29 is 9.21 Å². The molecule has 2 heterocycles. The van der Waals surface area contributed by atoms with Gasteiger partial charge in [0.05, 0.1) is 6.26 Å². The van der Waals surface area contributed by atoms with E-state index in [-0.39, 0.29) is 29.9 Å². The molecule has 1 aliphatic heterocycles. The van der Waals surface area contributed by atoms with Gasteiger partial charge in [-0.25, -0.2) is 0 Å². The maximum atomic E-state index is 12.5. The van der Waals surface area contributed by atoms with Gasteiger partial charge in [0.2, 0.25) is 5.91 Å². The lowest BCUT2D eigenvalue weighted by atomic mass is 9.98. The molecular formula is C19H33IN4O2. The Kier molecular flexibility index (Phi) is 10.7. The fraction of sp³-hybridized carbons (Fsp3) is 0.684. The predicted octanol–water partition coefficient (Wildman–Crippen LogP) is 3.03. The number of carbonyl (C=O) groups excluding carboxylic acids is 1. The molecule has 26 heavy (non-hydrogen) atoms. The molecule has 0 radical (unpaired) electrons. The molecule has 0 saturated carbocycles. The van der Waals surface area contributed by atoms with Crippen molar-refractivity contribution in [2.45, 2.75) is 52.0 Å². The van der Waals surface area contributed by atoms with E-state index < -0.39 is 0 Å². The number of amides is 1. The first-order valence-electron chi connectivity index (χ1n) is 9.46. The first-order valence-corrected chi connectivity index (χ1v) is 9.46. The SMILES string of the molecule is CCC(CC)C(=O)N1CCC(NC(=NC)NCCc2ccco2)CC1.I. The number of rotatable bonds is 7. The van der Waals surface area contributed by atoms with E-state index in [1.807, 2.05) is 17.0 Å². The van der Waals surface area contributed by atoms with E-state index in [9.17, 15) is 4.79 Å². The normalized spacial score (nSPS) is 15.7. The second kappa shape index (κ2) is 12.2. The van der Waals surface area contributed by atoms with Gasteiger partial charge in [0.1, 0.15) is 5.76 Å². The molecule has 0 atom stereocenters. The predicted molar refractivity (Wildman–Crippen MR) is 116 cm³/mol. The molecule has 0 aliphatic carbocycles. The zero-order chi connectivity index (χ0) is 18.1. The number of nitrogens with zero attached hydrogens (tertiary/aromatic N) is 2. The maximum Gasteiger partial charge on any atom is 0.225 e. The van der Waals surface area contributed by atoms with Crippen LogP contribution in [-0.2, 0) is 11.2 Å². The molecule has 148 valence electrons. The lowest BCUT2D eigenvalue weighted by Gasteiger charge is -2.34. The van der Waals surface area contributed by atoms with Crippen LogP contribution in [0.1, 0.15) is 45.3 Å². The van der Waals surface area contributed by atoms with Crippen molar-refractivity contribution in [2.24, 2.45) is 10.9 Å². The quantitative estimate of drug-likeness (QED) is 0.361. The standard InChI is InChI=1S/C19H32N4O2.HI/c1-4-15(5-2)18(24)23-12-9-16(10-13-23)22-19(20-3)21-11-8-17-7-6-14-25-17;/h6-7,14-16H,4-5,8-13H2,1-3H3,(H2,20,21,22);1H. The summed E-state index contributed by atoms with van der Waals surface area (Å²) in [4.78, 5) is 18.8. The van der Waals surface area contributed by atoms with E-state index in [1.54, 1.807) is 13.3 Å². The van der Waals surface area contributed by atoms with Crippen molar-refractivity contribution in [3.05, 3.63) is 24.2 Å². The van der Waals surface area contributed by atoms with Gasteiger partial charge < -0.3 is 20.0 Å². The second-order valence-electron chi connectivity index (χ2n) is 6.59. The van der Waals surface area contributed by atoms with Gasteiger partial charge in [0.15, 0.2) is 5.96 Å². The number of piperidine rings is 1. The monoisotopic (exact) mass is 476 g/mol. The Morgan fingerprint density at radius 2 is 2.04 bits per heavy atom. The van der Waals surface area contributed by atoms with E-state index in [2.05, 4.69) is 29.5 Å². The summed E-state index contributed by atoms with van der Waals surface area (Å²) in [5, 5.41) is 6.80. The number of likely N-dealkylation sites (tertiary alicyclic amines) is 1. The van der Waals surface area contributed by atoms with Crippen LogP contribution in [0.25, 0.3) is 0 Å². The van der Waals surface area contributed by atoms with Crippen LogP contribution in [0, 0.1) is 5.92 Å². The summed E-state index contributed by atoms with van der Waals surface area (Å²) in [6, 6.07) is 4.24. The summed E-state index contributed by atoms with van der Waals surface area (Å²) < 4.78 is 5.33. The molecule has 6 nitrogen and oxygen atoms in total. The van der Waals surface area contributed by atoms with Gasteiger partial charge in [0.25, 0.3) is 0 Å². The smallest absolute Gasteiger partial charge is 0.225 e. The Morgan fingerprint density at radius 3 is 2.58 bits per heavy atom. The number of guanidine groups is 1. The molecule has 0 spiro atoms. The van der Waals surface area contributed by atoms with Crippen molar-refractivity contribution in [3.8, 4) is 0 Å². The molecule has 1 saturated heterocycles. The highest BCUT2D eigenvalue weighted by molar-refractivity contribution is 14.0. The van der Waals surface area contributed by atoms with Crippen LogP contribution >= 0.6 is 24.0 Å². The van der Waals surface area contributed by atoms with E-state index in [4.69, 9.17) is 4.42 Å². The average Bonchev–Trinajstić information content (AvgIpc) is 3.15. The van der Waals surface area contributed by atoms with Crippen molar-refractivity contribution in [1.82, 2.24) is 15.5 Å². The third kappa shape index (κ3) is 6.81. The molecule has 7 heteroatoms. The summed E-state index contributed by atoms with van der Waals surface area (Å²) >= 11 is 0. The fourth-order valence-electron chi connectivity index (χ4n) is 3.29. The molecule has 0 unspecified atom stereocenters. The van der Waals surface area contributed by atoms with Gasteiger partial charge in [-0.05, 0) is 37.8 Å². The summed E-state index contributed by atoms with van der Waals surface area (Å²) in [5.41, 5.74) is 0. The Morgan fingerprint density at radius 1 is 1.35 bits per heavy atom. The van der Waals surface area contributed by atoms with Gasteiger partial charge in [-0.1, -0.05) is 13.8 Å². The zero-order valence-electron chi connectivity index (χ0n) is 16.2. The molecule has 0 bridgehead atoms. The molecule has 1 aliphatic rings. The van der Waals surface area contributed by atoms with Crippen LogP contribution < -0.4 is 10.6 Å². The summed E-state index contributed by atoms with van der Waals surface area (Å²) in [7, 11) is 1.79. The Hall–Kier alpha value is -1.25. The van der Waals surface area contributed by atoms with Gasteiger partial charge in [-0.15, -0.1) is 24.0 Å². The minimum Gasteiger partial charge on any atom is -0.469 e. The molecule has 1 aromatic heterocycles. The highest BCUT2D eigenvalue weighted by atomic mass is 127. The van der Waals surface area contributed by atoms with Crippen LogP contribution in [0.15, 0.2) is 27.8 Å². The van der Waals surface area contributed by atoms with Gasteiger partial charge in [0, 0.05) is 45.1 Å². The van der Waals surface area contributed by atoms with Gasteiger partial charge in [-0.2, -0.15) is 0 Å². The van der Waals surface area contributed by atoms with E-state index in [1.165, 1.54) is 0 Å². The lowest BCUT2D eigenvalue weighted by molar-refractivity contribution is -0.136. The van der Waals surface area contributed by atoms with E-state index in [0.717, 1.165) is 63.5 Å². The number of nitrogens with one attached hydrogen (secondary N) is 2. The van der Waals surface area contributed by atoms with Crippen LogP contribution in [0.4, 0.5) is 0 Å². The van der Waals surface area contributed by atoms with Gasteiger partial charge in [-0.3, -0.25) is 9.79 Å². The first-order chi connectivity index (χ1) is 12.2. The number of carbonyl (C=O) groups is 1. The minimum absolute atomic E-state index is 0. The Balaban J connectivity index is 0.00000338. The van der Waals surface area contributed by atoms with Gasteiger partial charge >= 0.3 is 0 Å². The summed E-state index contributed by atoms with van der Waals surface area (Å²) in [6.07, 6.45) is 6.31.